The highest BCUT2D eigenvalue weighted by Crippen LogP contribution is 2.31. The molecule has 0 unspecified atom stereocenters. The van der Waals surface area contributed by atoms with Gasteiger partial charge in [0, 0.05) is 31.5 Å². The zero-order chi connectivity index (χ0) is 14.9. The predicted octanol–water partition coefficient (Wildman–Crippen LogP) is 2.04. The molecule has 0 radical (unpaired) electrons. The number of hydrogen-bond acceptors (Lipinski definition) is 5. The van der Waals surface area contributed by atoms with Crippen LogP contribution in [-0.4, -0.2) is 44.6 Å². The lowest BCUT2D eigenvalue weighted by Gasteiger charge is -2.30. The van der Waals surface area contributed by atoms with E-state index in [2.05, 4.69) is 4.90 Å². The summed E-state index contributed by atoms with van der Waals surface area (Å²) in [6, 6.07) is 5.85. The molecule has 0 spiro atoms. The van der Waals surface area contributed by atoms with E-state index in [0.29, 0.717) is 6.61 Å². The smallest absolute Gasteiger partial charge is 0.144 e. The molecule has 0 amide bonds. The van der Waals surface area contributed by atoms with Crippen molar-refractivity contribution in [3.8, 4) is 5.75 Å². The fourth-order valence-electron chi connectivity index (χ4n) is 2.46. The van der Waals surface area contributed by atoms with Crippen molar-refractivity contribution in [2.75, 3.05) is 50.2 Å². The second-order valence-corrected chi connectivity index (χ2v) is 5.31. The molecule has 0 bridgehead atoms. The van der Waals surface area contributed by atoms with Crippen LogP contribution in [0.25, 0.3) is 0 Å². The van der Waals surface area contributed by atoms with Gasteiger partial charge in [-0.05, 0) is 31.4 Å². The Balaban J connectivity index is 1.89. The van der Waals surface area contributed by atoms with Gasteiger partial charge in [0.05, 0.1) is 25.5 Å². The minimum atomic E-state index is 0.275. The zero-order valence-electron chi connectivity index (χ0n) is 12.6. The number of unbranched alkanes of at least 4 members (excludes halogenated alkanes) is 3. The van der Waals surface area contributed by atoms with E-state index < -0.39 is 0 Å². The van der Waals surface area contributed by atoms with Crippen LogP contribution < -0.4 is 15.4 Å². The van der Waals surface area contributed by atoms with Gasteiger partial charge in [0.25, 0.3) is 0 Å². The van der Waals surface area contributed by atoms with Gasteiger partial charge in [-0.15, -0.1) is 0 Å². The normalized spacial score (nSPS) is 15.2. The van der Waals surface area contributed by atoms with Crippen LogP contribution in [0.1, 0.15) is 25.7 Å². The number of hydrogen-bond donors (Lipinski definition) is 2. The maximum atomic E-state index is 8.75. The lowest BCUT2D eigenvalue weighted by Crippen LogP contribution is -2.36. The van der Waals surface area contributed by atoms with E-state index in [1.165, 1.54) is 0 Å². The molecular formula is C16H26N2O3. The van der Waals surface area contributed by atoms with Crippen molar-refractivity contribution in [3.63, 3.8) is 0 Å². The first-order valence-corrected chi connectivity index (χ1v) is 7.77. The van der Waals surface area contributed by atoms with Crippen molar-refractivity contribution in [3.05, 3.63) is 18.2 Å². The molecular weight excluding hydrogens is 268 g/mol. The van der Waals surface area contributed by atoms with Gasteiger partial charge in [0.1, 0.15) is 5.75 Å². The van der Waals surface area contributed by atoms with Gasteiger partial charge >= 0.3 is 0 Å². The first kappa shape index (κ1) is 15.9. The summed E-state index contributed by atoms with van der Waals surface area (Å²) < 4.78 is 11.3. The molecule has 0 aliphatic carbocycles. The maximum absolute atomic E-state index is 8.75. The molecule has 5 nitrogen and oxygen atoms in total. The first-order valence-electron chi connectivity index (χ1n) is 7.77. The molecule has 21 heavy (non-hydrogen) atoms. The number of nitrogen functional groups attached to an aromatic ring is 1. The summed E-state index contributed by atoms with van der Waals surface area (Å²) in [5, 5.41) is 8.75. The largest absolute Gasteiger partial charge is 0.491 e. The number of morpholine rings is 1. The molecule has 1 aromatic carbocycles. The summed E-state index contributed by atoms with van der Waals surface area (Å²) in [6.07, 6.45) is 4.00. The SMILES string of the molecule is Nc1ccc(N2CCOCC2)c(OCCCCCCO)c1. The van der Waals surface area contributed by atoms with Crippen LogP contribution in [0, 0.1) is 0 Å². The minimum Gasteiger partial charge on any atom is -0.491 e. The van der Waals surface area contributed by atoms with E-state index in [0.717, 1.165) is 69.1 Å². The van der Waals surface area contributed by atoms with Crippen LogP contribution in [0.5, 0.6) is 5.75 Å². The third-order valence-electron chi connectivity index (χ3n) is 3.65. The van der Waals surface area contributed by atoms with Crippen molar-refractivity contribution in [1.29, 1.82) is 0 Å². The van der Waals surface area contributed by atoms with E-state index >= 15 is 0 Å². The van der Waals surface area contributed by atoms with Crippen LogP contribution in [0.4, 0.5) is 11.4 Å². The van der Waals surface area contributed by atoms with Crippen molar-refractivity contribution >= 4 is 11.4 Å². The monoisotopic (exact) mass is 294 g/mol. The van der Waals surface area contributed by atoms with Gasteiger partial charge in [-0.25, -0.2) is 0 Å². The van der Waals surface area contributed by atoms with Gasteiger partial charge in [-0.2, -0.15) is 0 Å². The van der Waals surface area contributed by atoms with E-state index in [4.69, 9.17) is 20.3 Å². The Hall–Kier alpha value is -1.46. The molecule has 1 saturated heterocycles. The Morgan fingerprint density at radius 1 is 1.14 bits per heavy atom. The second-order valence-electron chi connectivity index (χ2n) is 5.31. The van der Waals surface area contributed by atoms with Crippen LogP contribution in [0.15, 0.2) is 18.2 Å². The Labute approximate surface area is 126 Å². The highest BCUT2D eigenvalue weighted by atomic mass is 16.5. The van der Waals surface area contributed by atoms with Crippen LogP contribution in [0.3, 0.4) is 0 Å². The van der Waals surface area contributed by atoms with E-state index in [1.54, 1.807) is 0 Å². The fraction of sp³-hybridized carbons (Fsp3) is 0.625. The number of ether oxygens (including phenoxy) is 2. The zero-order valence-corrected chi connectivity index (χ0v) is 12.6. The molecule has 5 heteroatoms. The van der Waals surface area contributed by atoms with Crippen LogP contribution >= 0.6 is 0 Å². The molecule has 0 saturated carbocycles. The summed E-state index contributed by atoms with van der Waals surface area (Å²) in [4.78, 5) is 2.28. The van der Waals surface area contributed by atoms with Crippen LogP contribution in [-0.2, 0) is 4.74 Å². The highest BCUT2D eigenvalue weighted by Gasteiger charge is 2.15. The highest BCUT2D eigenvalue weighted by molar-refractivity contribution is 5.64. The summed E-state index contributed by atoms with van der Waals surface area (Å²) in [6.45, 7) is 4.24. The molecule has 1 aromatic rings. The molecule has 1 fully saturated rings. The van der Waals surface area contributed by atoms with Gasteiger partial charge in [-0.1, -0.05) is 6.42 Å². The fourth-order valence-corrected chi connectivity index (χ4v) is 2.46. The molecule has 1 aliphatic heterocycles. The molecule has 1 heterocycles. The van der Waals surface area contributed by atoms with Gasteiger partial charge in [-0.3, -0.25) is 0 Å². The molecule has 0 atom stereocenters. The Morgan fingerprint density at radius 2 is 1.90 bits per heavy atom. The topological polar surface area (TPSA) is 68.0 Å². The van der Waals surface area contributed by atoms with E-state index in [1.807, 2.05) is 18.2 Å². The Kier molecular flexibility index (Phi) is 6.63. The summed E-state index contributed by atoms with van der Waals surface area (Å²) >= 11 is 0. The van der Waals surface area contributed by atoms with Crippen molar-refractivity contribution in [2.24, 2.45) is 0 Å². The molecule has 1 aliphatic rings. The lowest BCUT2D eigenvalue weighted by atomic mass is 10.2. The standard InChI is InChI=1S/C16H26N2O3/c17-14-5-6-15(18-7-11-20-12-8-18)16(13-14)21-10-4-2-1-3-9-19/h5-6,13,19H,1-4,7-12,17H2. The number of aliphatic hydroxyl groups is 1. The van der Waals surface area contributed by atoms with Crippen LogP contribution in [0.2, 0.25) is 0 Å². The van der Waals surface area contributed by atoms with E-state index in [9.17, 15) is 0 Å². The molecule has 0 aromatic heterocycles. The first-order chi connectivity index (χ1) is 10.3. The van der Waals surface area contributed by atoms with Crippen molar-refractivity contribution in [1.82, 2.24) is 0 Å². The van der Waals surface area contributed by atoms with Gasteiger partial charge in [0.2, 0.25) is 0 Å². The minimum absolute atomic E-state index is 0.275. The van der Waals surface area contributed by atoms with E-state index in [-0.39, 0.29) is 6.61 Å². The number of nitrogens with two attached hydrogens (primary N) is 1. The third kappa shape index (κ3) is 5.10. The average molecular weight is 294 g/mol. The summed E-state index contributed by atoms with van der Waals surface area (Å²) in [5.74, 6) is 0.860. The molecule has 2 rings (SSSR count). The Morgan fingerprint density at radius 3 is 2.67 bits per heavy atom. The number of benzene rings is 1. The van der Waals surface area contributed by atoms with Crippen molar-refractivity contribution < 1.29 is 14.6 Å². The maximum Gasteiger partial charge on any atom is 0.144 e. The Bertz CT molecular complexity index is 420. The average Bonchev–Trinajstić information content (AvgIpc) is 2.52. The lowest BCUT2D eigenvalue weighted by molar-refractivity contribution is 0.122. The van der Waals surface area contributed by atoms with Gasteiger partial charge < -0.3 is 25.2 Å². The number of rotatable bonds is 8. The number of anilines is 2. The third-order valence-corrected chi connectivity index (χ3v) is 3.65. The summed E-state index contributed by atoms with van der Waals surface area (Å²) in [7, 11) is 0. The molecule has 3 N–H and O–H groups in total. The molecule has 118 valence electrons. The quantitative estimate of drug-likeness (QED) is 0.567. The number of nitrogens with zero attached hydrogens (tertiary/aromatic N) is 1. The van der Waals surface area contributed by atoms with Crippen molar-refractivity contribution in [2.45, 2.75) is 25.7 Å². The summed E-state index contributed by atoms with van der Waals surface area (Å²) in [5.41, 5.74) is 7.70. The van der Waals surface area contributed by atoms with Gasteiger partial charge in [0.15, 0.2) is 0 Å². The predicted molar refractivity (Wildman–Crippen MR) is 84.9 cm³/mol. The second kappa shape index (κ2) is 8.74. The number of aliphatic hydroxyl groups excluding tert-OH is 1.